The van der Waals surface area contributed by atoms with Crippen LogP contribution >= 0.6 is 11.6 Å². The number of allylic oxidation sites excluding steroid dienone is 1. The van der Waals surface area contributed by atoms with Crippen molar-refractivity contribution in [2.24, 2.45) is 5.92 Å². The van der Waals surface area contributed by atoms with E-state index in [1.54, 1.807) is 4.90 Å². The molecule has 1 aromatic heterocycles. The van der Waals surface area contributed by atoms with Crippen molar-refractivity contribution in [3.63, 3.8) is 0 Å². The number of carbonyl (C=O) groups is 1. The molecule has 3 aromatic rings. The molecule has 11 heteroatoms. The maximum absolute atomic E-state index is 12.8. The predicted molar refractivity (Wildman–Crippen MR) is 170 cm³/mol. The number of carbonyl (C=O) groups excluding carboxylic acids is 1. The summed E-state index contributed by atoms with van der Waals surface area (Å²) in [6, 6.07) is 14.4. The lowest BCUT2D eigenvalue weighted by molar-refractivity contribution is -0.128. The van der Waals surface area contributed by atoms with E-state index < -0.39 is 6.67 Å². The van der Waals surface area contributed by atoms with Crippen LogP contribution in [-0.4, -0.2) is 91.3 Å². The predicted octanol–water partition coefficient (Wildman–Crippen LogP) is 4.63. The Morgan fingerprint density at radius 1 is 1.14 bits per heavy atom. The van der Waals surface area contributed by atoms with Gasteiger partial charge in [0.25, 0.3) is 0 Å². The zero-order valence-corrected chi connectivity index (χ0v) is 25.7. The Labute approximate surface area is 262 Å². The van der Waals surface area contributed by atoms with Crippen molar-refractivity contribution < 1.29 is 13.9 Å². The van der Waals surface area contributed by atoms with Gasteiger partial charge in [-0.05, 0) is 50.0 Å². The molecule has 0 saturated carbocycles. The Morgan fingerprint density at radius 3 is 2.75 bits per heavy atom. The summed E-state index contributed by atoms with van der Waals surface area (Å²) in [5, 5.41) is 12.4. The first kappa shape index (κ1) is 30.1. The summed E-state index contributed by atoms with van der Waals surface area (Å²) in [6.07, 6.45) is 4.44. The molecule has 3 aliphatic rings. The first-order valence-corrected chi connectivity index (χ1v) is 15.6. The van der Waals surface area contributed by atoms with Crippen molar-refractivity contribution in [3.8, 4) is 12.1 Å². The molecule has 6 rings (SSSR count). The molecule has 9 nitrogen and oxygen atoms in total. The number of amides is 1. The monoisotopic (exact) mass is 617 g/mol. The van der Waals surface area contributed by atoms with Crippen LogP contribution in [0.2, 0.25) is 5.02 Å². The van der Waals surface area contributed by atoms with Gasteiger partial charge in [0.2, 0.25) is 5.91 Å². The molecule has 2 aromatic carbocycles. The minimum absolute atomic E-state index is 0.174. The molecule has 44 heavy (non-hydrogen) atoms. The van der Waals surface area contributed by atoms with E-state index in [0.717, 1.165) is 71.0 Å². The van der Waals surface area contributed by atoms with E-state index in [4.69, 9.17) is 26.3 Å². The van der Waals surface area contributed by atoms with Gasteiger partial charge in [0.1, 0.15) is 12.5 Å². The molecule has 0 bridgehead atoms. The first-order chi connectivity index (χ1) is 21.4. The van der Waals surface area contributed by atoms with E-state index in [9.17, 15) is 14.4 Å². The van der Waals surface area contributed by atoms with Crippen LogP contribution in [0.5, 0.6) is 6.01 Å². The van der Waals surface area contributed by atoms with E-state index in [-0.39, 0.29) is 18.4 Å². The minimum atomic E-state index is -0.705. The second-order valence-electron chi connectivity index (χ2n) is 11.8. The van der Waals surface area contributed by atoms with Crippen molar-refractivity contribution in [1.29, 1.82) is 5.26 Å². The van der Waals surface area contributed by atoms with Gasteiger partial charge in [-0.3, -0.25) is 4.79 Å². The van der Waals surface area contributed by atoms with Crippen LogP contribution in [0.15, 0.2) is 48.6 Å². The highest BCUT2D eigenvalue weighted by Gasteiger charge is 2.34. The van der Waals surface area contributed by atoms with Gasteiger partial charge < -0.3 is 24.3 Å². The molecule has 3 aliphatic heterocycles. The third kappa shape index (κ3) is 6.30. The molecular weight excluding hydrogens is 581 g/mol. The second-order valence-corrected chi connectivity index (χ2v) is 12.2. The summed E-state index contributed by atoms with van der Waals surface area (Å²) >= 11 is 6.69. The molecule has 0 spiro atoms. The molecule has 2 fully saturated rings. The maximum atomic E-state index is 12.8. The molecule has 0 aliphatic carbocycles. The van der Waals surface area contributed by atoms with Gasteiger partial charge in [0, 0.05) is 61.4 Å². The SMILES string of the molecule is CN1CC[C@@H](COc2nc3c(c(N4CCN(C(=O)/C=C/CF)[C@@H](CC#N)C4)n2)CCN(c2cccc4cccc(Cl)c24)C3)C1. The summed E-state index contributed by atoms with van der Waals surface area (Å²) in [5.41, 5.74) is 3.04. The van der Waals surface area contributed by atoms with Crippen LogP contribution in [0.3, 0.4) is 0 Å². The fourth-order valence-electron chi connectivity index (χ4n) is 6.67. The highest BCUT2D eigenvalue weighted by Crippen LogP contribution is 2.37. The number of benzene rings is 2. The van der Waals surface area contributed by atoms with Gasteiger partial charge in [-0.1, -0.05) is 35.9 Å². The van der Waals surface area contributed by atoms with Crippen molar-refractivity contribution in [1.82, 2.24) is 19.8 Å². The lowest BCUT2D eigenvalue weighted by atomic mass is 10.0. The summed E-state index contributed by atoms with van der Waals surface area (Å²) in [4.78, 5) is 31.1. The second kappa shape index (κ2) is 13.4. The normalized spacial score (nSPS) is 20.7. The number of fused-ring (bicyclic) bond motifs is 2. The van der Waals surface area contributed by atoms with Crippen LogP contribution in [-0.2, 0) is 17.8 Å². The summed E-state index contributed by atoms with van der Waals surface area (Å²) in [7, 11) is 2.12. The van der Waals surface area contributed by atoms with Gasteiger partial charge in [-0.15, -0.1) is 0 Å². The van der Waals surface area contributed by atoms with Gasteiger partial charge in [-0.2, -0.15) is 15.2 Å². The van der Waals surface area contributed by atoms with Crippen LogP contribution in [0.4, 0.5) is 15.9 Å². The average molecular weight is 618 g/mol. The van der Waals surface area contributed by atoms with Gasteiger partial charge >= 0.3 is 6.01 Å². The number of nitrogens with zero attached hydrogens (tertiary/aromatic N) is 7. The van der Waals surface area contributed by atoms with E-state index >= 15 is 0 Å². The fraction of sp³-hybridized carbons (Fsp3) is 0.455. The van der Waals surface area contributed by atoms with Crippen LogP contribution in [0, 0.1) is 17.2 Å². The average Bonchev–Trinajstić information content (AvgIpc) is 3.46. The summed E-state index contributed by atoms with van der Waals surface area (Å²) in [6.45, 7) is 4.60. The Morgan fingerprint density at radius 2 is 1.98 bits per heavy atom. The van der Waals surface area contributed by atoms with E-state index in [0.29, 0.717) is 44.7 Å². The largest absolute Gasteiger partial charge is 0.463 e. The molecule has 4 heterocycles. The molecule has 1 amide bonds. The van der Waals surface area contributed by atoms with Gasteiger partial charge in [0.15, 0.2) is 0 Å². The highest BCUT2D eigenvalue weighted by molar-refractivity contribution is 6.36. The van der Waals surface area contributed by atoms with Crippen molar-refractivity contribution in [2.75, 3.05) is 69.4 Å². The number of hydrogen-bond donors (Lipinski definition) is 0. The number of aromatic nitrogens is 2. The third-order valence-electron chi connectivity index (χ3n) is 8.87. The number of hydrogen-bond acceptors (Lipinski definition) is 8. The summed E-state index contributed by atoms with van der Waals surface area (Å²) < 4.78 is 19.0. The van der Waals surface area contributed by atoms with Crippen molar-refractivity contribution in [3.05, 3.63) is 64.8 Å². The smallest absolute Gasteiger partial charge is 0.318 e. The zero-order chi connectivity index (χ0) is 30.6. The Kier molecular flexibility index (Phi) is 9.14. The topological polar surface area (TPSA) is 88.8 Å². The molecule has 2 atom stereocenters. The van der Waals surface area contributed by atoms with Gasteiger partial charge in [0.05, 0.1) is 42.4 Å². The molecule has 2 saturated heterocycles. The minimum Gasteiger partial charge on any atom is -0.463 e. The van der Waals surface area contributed by atoms with Crippen molar-refractivity contribution >= 4 is 39.8 Å². The Balaban J connectivity index is 1.32. The number of alkyl halides is 1. The van der Waals surface area contributed by atoms with Gasteiger partial charge in [-0.25, -0.2) is 4.39 Å². The van der Waals surface area contributed by atoms with E-state index in [1.165, 1.54) is 12.2 Å². The van der Waals surface area contributed by atoms with E-state index in [2.05, 4.69) is 52.1 Å². The quantitative estimate of drug-likeness (QED) is 0.338. The van der Waals surface area contributed by atoms with Crippen LogP contribution in [0.25, 0.3) is 10.8 Å². The highest BCUT2D eigenvalue weighted by atomic mass is 35.5. The molecule has 230 valence electrons. The van der Waals surface area contributed by atoms with Crippen LogP contribution in [0.1, 0.15) is 24.1 Å². The standard InChI is InChI=1S/C33H37ClFN7O2/c1-39-15-11-23(19-39)22-44-33-37-28-21-40(29-8-3-6-24-5-2-7-27(34)31(24)29)16-12-26(28)32(38-33)41-17-18-42(25(20-41)10-14-36)30(43)9-4-13-35/h2-9,23,25H,10-13,15-22H2,1H3/b9-4+/t23-,25+/m1/s1. The third-order valence-corrected chi connectivity index (χ3v) is 9.19. The molecule has 0 unspecified atom stereocenters. The van der Waals surface area contributed by atoms with Crippen molar-refractivity contribution in [2.45, 2.75) is 31.8 Å². The number of likely N-dealkylation sites (tertiary alicyclic amines) is 1. The zero-order valence-electron chi connectivity index (χ0n) is 25.0. The molecule has 0 N–H and O–H groups in total. The number of piperazine rings is 1. The number of halogens is 2. The first-order valence-electron chi connectivity index (χ1n) is 15.2. The molecule has 0 radical (unpaired) electrons. The van der Waals surface area contributed by atoms with E-state index in [1.807, 2.05) is 12.1 Å². The number of rotatable bonds is 8. The number of anilines is 2. The number of nitriles is 1. The van der Waals surface area contributed by atoms with Crippen LogP contribution < -0.4 is 14.5 Å². The fourth-order valence-corrected chi connectivity index (χ4v) is 6.95. The number of ether oxygens (including phenoxy) is 1. The lowest BCUT2D eigenvalue weighted by Gasteiger charge is -2.42. The Hall–Kier alpha value is -3.94. The maximum Gasteiger partial charge on any atom is 0.318 e. The summed E-state index contributed by atoms with van der Waals surface area (Å²) in [5.74, 6) is 0.949. The lowest BCUT2D eigenvalue weighted by Crippen LogP contribution is -2.55. The Bertz CT molecular complexity index is 1590. The molecular formula is C33H37ClFN7O2.